The lowest BCUT2D eigenvalue weighted by Crippen LogP contribution is -2.49. The molecule has 0 radical (unpaired) electrons. The topological polar surface area (TPSA) is 84.0 Å². The highest BCUT2D eigenvalue weighted by Gasteiger charge is 2.46. The number of para-hydroxylation sites is 1. The maximum atomic E-state index is 12.8. The van der Waals surface area contributed by atoms with E-state index in [1.807, 2.05) is 24.3 Å². The smallest absolute Gasteiger partial charge is 0.252 e. The lowest BCUT2D eigenvalue weighted by Gasteiger charge is -2.31. The first-order valence-electron chi connectivity index (χ1n) is 8.80. The standard InChI is InChI=1S/C18H20N4O2S2/c1-18(15(23)19-12-9-5-6-10-13(12)26-18)16(24)20-17-22-21-14(25-17)11-7-3-2-4-8-11/h5-6,9-11H,2-4,7-8H2,1H3,(H,19,23)(H,20,22,24). The van der Waals surface area contributed by atoms with Gasteiger partial charge in [-0.25, -0.2) is 0 Å². The van der Waals surface area contributed by atoms with Gasteiger partial charge in [0, 0.05) is 10.8 Å². The van der Waals surface area contributed by atoms with E-state index < -0.39 is 4.75 Å². The number of nitrogens with zero attached hydrogens (tertiary/aromatic N) is 2. The van der Waals surface area contributed by atoms with Crippen LogP contribution in [0.2, 0.25) is 0 Å². The van der Waals surface area contributed by atoms with Gasteiger partial charge in [-0.2, -0.15) is 0 Å². The van der Waals surface area contributed by atoms with Crippen molar-refractivity contribution in [2.75, 3.05) is 10.6 Å². The number of fused-ring (bicyclic) bond motifs is 1. The summed E-state index contributed by atoms with van der Waals surface area (Å²) in [6.07, 6.45) is 6.00. The van der Waals surface area contributed by atoms with Gasteiger partial charge in [-0.3, -0.25) is 14.9 Å². The Balaban J connectivity index is 1.49. The Kier molecular flexibility index (Phi) is 4.71. The number of thioether (sulfide) groups is 1. The molecule has 1 fully saturated rings. The molecule has 8 heteroatoms. The number of benzene rings is 1. The molecule has 136 valence electrons. The third-order valence-electron chi connectivity index (χ3n) is 4.93. The van der Waals surface area contributed by atoms with Crippen molar-refractivity contribution in [1.82, 2.24) is 10.2 Å². The molecule has 1 aliphatic carbocycles. The van der Waals surface area contributed by atoms with Crippen LogP contribution in [0.3, 0.4) is 0 Å². The maximum absolute atomic E-state index is 12.8. The van der Waals surface area contributed by atoms with E-state index in [9.17, 15) is 9.59 Å². The van der Waals surface area contributed by atoms with Crippen LogP contribution in [0.15, 0.2) is 29.2 Å². The summed E-state index contributed by atoms with van der Waals surface area (Å²) in [4.78, 5) is 26.3. The molecule has 1 aromatic carbocycles. The largest absolute Gasteiger partial charge is 0.323 e. The molecule has 26 heavy (non-hydrogen) atoms. The van der Waals surface area contributed by atoms with E-state index in [-0.39, 0.29) is 11.8 Å². The Morgan fingerprint density at radius 1 is 1.23 bits per heavy atom. The molecule has 2 amide bonds. The molecule has 2 aromatic rings. The molecule has 1 atom stereocenters. The van der Waals surface area contributed by atoms with Crippen molar-refractivity contribution in [3.8, 4) is 0 Å². The van der Waals surface area contributed by atoms with Crippen molar-refractivity contribution in [2.45, 2.75) is 54.6 Å². The fourth-order valence-corrected chi connectivity index (χ4v) is 5.34. The van der Waals surface area contributed by atoms with Crippen LogP contribution in [-0.4, -0.2) is 26.8 Å². The molecule has 0 spiro atoms. The number of aromatic nitrogens is 2. The van der Waals surface area contributed by atoms with Crippen LogP contribution in [0, 0.1) is 0 Å². The van der Waals surface area contributed by atoms with Crippen LogP contribution in [-0.2, 0) is 9.59 Å². The second-order valence-electron chi connectivity index (χ2n) is 6.82. The van der Waals surface area contributed by atoms with Crippen LogP contribution in [0.25, 0.3) is 0 Å². The molecule has 1 aromatic heterocycles. The minimum Gasteiger partial charge on any atom is -0.323 e. The molecular weight excluding hydrogens is 368 g/mol. The van der Waals surface area contributed by atoms with Gasteiger partial charge in [0.1, 0.15) is 5.01 Å². The minimum absolute atomic E-state index is 0.323. The summed E-state index contributed by atoms with van der Waals surface area (Å²) < 4.78 is -1.25. The molecule has 2 N–H and O–H groups in total. The predicted octanol–water partition coefficient (Wildman–Crippen LogP) is 4.03. The monoisotopic (exact) mass is 388 g/mol. The number of carbonyl (C=O) groups is 2. The van der Waals surface area contributed by atoms with Gasteiger partial charge in [0.25, 0.3) is 5.91 Å². The Hall–Kier alpha value is -1.93. The summed E-state index contributed by atoms with van der Waals surface area (Å²) in [5.74, 6) is -0.252. The zero-order valence-electron chi connectivity index (χ0n) is 14.4. The zero-order valence-corrected chi connectivity index (χ0v) is 16.1. The first kappa shape index (κ1) is 17.5. The highest BCUT2D eigenvalue weighted by Crippen LogP contribution is 2.43. The van der Waals surface area contributed by atoms with Crippen molar-refractivity contribution in [2.24, 2.45) is 0 Å². The summed E-state index contributed by atoms with van der Waals surface area (Å²) >= 11 is 2.68. The van der Waals surface area contributed by atoms with Crippen LogP contribution in [0.5, 0.6) is 0 Å². The van der Waals surface area contributed by atoms with E-state index in [1.54, 1.807) is 6.92 Å². The van der Waals surface area contributed by atoms with E-state index >= 15 is 0 Å². The number of hydrogen-bond acceptors (Lipinski definition) is 6. The van der Waals surface area contributed by atoms with Crippen molar-refractivity contribution in [3.05, 3.63) is 29.3 Å². The number of carbonyl (C=O) groups excluding carboxylic acids is 2. The Bertz CT molecular complexity index is 847. The van der Waals surface area contributed by atoms with Gasteiger partial charge in [0.2, 0.25) is 11.0 Å². The van der Waals surface area contributed by atoms with Crippen LogP contribution in [0.1, 0.15) is 50.0 Å². The molecule has 1 saturated carbocycles. The summed E-state index contributed by atoms with van der Waals surface area (Å²) in [7, 11) is 0. The van der Waals surface area contributed by atoms with E-state index in [4.69, 9.17) is 0 Å². The Morgan fingerprint density at radius 2 is 2.00 bits per heavy atom. The lowest BCUT2D eigenvalue weighted by molar-refractivity contribution is -0.126. The number of rotatable bonds is 3. The van der Waals surface area contributed by atoms with Gasteiger partial charge < -0.3 is 5.32 Å². The average molecular weight is 389 g/mol. The number of hydrogen-bond donors (Lipinski definition) is 2. The summed E-state index contributed by atoms with van der Waals surface area (Å²) in [6, 6.07) is 7.48. The molecule has 1 aliphatic heterocycles. The lowest BCUT2D eigenvalue weighted by atomic mass is 9.90. The summed E-state index contributed by atoms with van der Waals surface area (Å²) in [6.45, 7) is 1.64. The van der Waals surface area contributed by atoms with Gasteiger partial charge in [-0.1, -0.05) is 54.5 Å². The van der Waals surface area contributed by atoms with Gasteiger partial charge in [0.15, 0.2) is 4.75 Å². The summed E-state index contributed by atoms with van der Waals surface area (Å²) in [5, 5.41) is 15.4. The Morgan fingerprint density at radius 3 is 2.81 bits per heavy atom. The molecule has 1 unspecified atom stereocenters. The highest BCUT2D eigenvalue weighted by molar-refractivity contribution is 8.02. The van der Waals surface area contributed by atoms with E-state index in [2.05, 4.69) is 20.8 Å². The van der Waals surface area contributed by atoms with Gasteiger partial charge >= 0.3 is 0 Å². The van der Waals surface area contributed by atoms with Crippen LogP contribution >= 0.6 is 23.1 Å². The first-order chi connectivity index (χ1) is 12.6. The quantitative estimate of drug-likeness (QED) is 0.776. The number of amides is 2. The van der Waals surface area contributed by atoms with Gasteiger partial charge in [-0.15, -0.1) is 10.2 Å². The van der Waals surface area contributed by atoms with Gasteiger partial charge in [-0.05, 0) is 31.9 Å². The number of nitrogens with one attached hydrogen (secondary N) is 2. The fraction of sp³-hybridized carbons (Fsp3) is 0.444. The van der Waals surface area contributed by atoms with Crippen LogP contribution < -0.4 is 10.6 Å². The molecule has 4 rings (SSSR count). The molecule has 0 saturated heterocycles. The van der Waals surface area contributed by atoms with Crippen molar-refractivity contribution >= 4 is 45.7 Å². The van der Waals surface area contributed by atoms with Crippen molar-refractivity contribution in [1.29, 1.82) is 0 Å². The normalized spacial score (nSPS) is 23.2. The van der Waals surface area contributed by atoms with E-state index in [1.165, 1.54) is 42.4 Å². The maximum Gasteiger partial charge on any atom is 0.252 e. The molecule has 2 aliphatic rings. The molecule has 2 heterocycles. The van der Waals surface area contributed by atoms with Crippen molar-refractivity contribution in [3.63, 3.8) is 0 Å². The predicted molar refractivity (Wildman–Crippen MR) is 104 cm³/mol. The van der Waals surface area contributed by atoms with Gasteiger partial charge in [0.05, 0.1) is 5.69 Å². The van der Waals surface area contributed by atoms with Crippen molar-refractivity contribution < 1.29 is 9.59 Å². The van der Waals surface area contributed by atoms with E-state index in [0.29, 0.717) is 11.0 Å². The zero-order chi connectivity index (χ0) is 18.1. The summed E-state index contributed by atoms with van der Waals surface area (Å²) in [5.41, 5.74) is 0.739. The second kappa shape index (κ2) is 7.00. The molecule has 6 nitrogen and oxygen atoms in total. The van der Waals surface area contributed by atoms with Crippen LogP contribution in [0.4, 0.5) is 10.8 Å². The molecule has 0 bridgehead atoms. The second-order valence-corrected chi connectivity index (χ2v) is 9.29. The first-order valence-corrected chi connectivity index (χ1v) is 10.4. The Labute approximate surface area is 160 Å². The van der Waals surface area contributed by atoms with E-state index in [0.717, 1.165) is 28.4 Å². The average Bonchev–Trinajstić information content (AvgIpc) is 3.12. The SMILES string of the molecule is CC1(C(=O)Nc2nnc(C3CCCCC3)s2)Sc2ccccc2NC1=O. The molecular formula is C18H20N4O2S2. The number of anilines is 2. The third-order valence-corrected chi connectivity index (χ3v) is 7.29. The third kappa shape index (κ3) is 3.23. The fourth-order valence-electron chi connectivity index (χ4n) is 3.33. The highest BCUT2D eigenvalue weighted by atomic mass is 32.2. The minimum atomic E-state index is -1.25.